The molecule has 0 heterocycles. The number of phenols is 1. The quantitative estimate of drug-likeness (QED) is 0.169. The van der Waals surface area contributed by atoms with E-state index < -0.39 is 0 Å². The Morgan fingerprint density at radius 2 is 1.03 bits per heavy atom. The van der Waals surface area contributed by atoms with Crippen LogP contribution in [0.3, 0.4) is 0 Å². The molecule has 0 unspecified atom stereocenters. The molecule has 0 atom stereocenters. The number of phenolic OH excluding ortho intramolecular Hbond substituents is 1. The van der Waals surface area contributed by atoms with Crippen LogP contribution in [0.15, 0.2) is 75.0 Å². The van der Waals surface area contributed by atoms with Gasteiger partial charge in [0.15, 0.2) is 0 Å². The molecule has 0 spiro atoms. The molecule has 2 aromatic rings. The van der Waals surface area contributed by atoms with Crippen molar-refractivity contribution in [3.8, 4) is 5.75 Å². The van der Waals surface area contributed by atoms with Crippen LogP contribution in [0.5, 0.6) is 5.75 Å². The maximum absolute atomic E-state index is 9.78. The molecule has 0 aliphatic heterocycles. The smallest absolute Gasteiger partial charge is 0.741 e. The van der Waals surface area contributed by atoms with Crippen molar-refractivity contribution in [1.82, 2.24) is 9.80 Å². The Labute approximate surface area is 224 Å². The Balaban J connectivity index is 0.00000578. The zero-order chi connectivity index (χ0) is 24.2. The summed E-state index contributed by atoms with van der Waals surface area (Å²) in [5.41, 5.74) is 2.49. The maximum Gasteiger partial charge on any atom is 2.00 e. The Morgan fingerprint density at radius 3 is 1.41 bits per heavy atom. The number of rotatable bonds is 9. The molecular formula is C24H30CuN6OS2. The second-order valence-electron chi connectivity index (χ2n) is 6.92. The predicted octanol–water partition coefficient (Wildman–Crippen LogP) is 3.99. The summed E-state index contributed by atoms with van der Waals surface area (Å²) in [5, 5.41) is 28.2. The molecule has 7 nitrogen and oxygen atoms in total. The van der Waals surface area contributed by atoms with Gasteiger partial charge in [-0.1, -0.05) is 30.3 Å². The first kappa shape index (κ1) is 29.5. The van der Waals surface area contributed by atoms with Crippen LogP contribution in [0, 0.1) is 0 Å². The third-order valence-electron chi connectivity index (χ3n) is 4.95. The molecule has 0 saturated heterocycles. The monoisotopic (exact) mass is 545 g/mol. The van der Waals surface area contributed by atoms with Crippen molar-refractivity contribution in [3.05, 3.63) is 65.7 Å². The minimum atomic E-state index is 0. The van der Waals surface area contributed by atoms with Gasteiger partial charge in [0.2, 0.25) is 0 Å². The van der Waals surface area contributed by atoms with E-state index in [0.717, 1.165) is 31.7 Å². The summed E-state index contributed by atoms with van der Waals surface area (Å²) in [4.78, 5) is 3.88. The van der Waals surface area contributed by atoms with Crippen molar-refractivity contribution in [3.63, 3.8) is 0 Å². The van der Waals surface area contributed by atoms with Gasteiger partial charge in [-0.05, 0) is 52.0 Å². The van der Waals surface area contributed by atoms with E-state index in [4.69, 9.17) is 25.3 Å². The molecule has 0 aromatic heterocycles. The van der Waals surface area contributed by atoms with Crippen LogP contribution in [-0.4, -0.2) is 62.8 Å². The van der Waals surface area contributed by atoms with Gasteiger partial charge < -0.3 is 40.2 Å². The minimum absolute atomic E-state index is 0. The minimum Gasteiger partial charge on any atom is -0.741 e. The second kappa shape index (κ2) is 15.4. The summed E-state index contributed by atoms with van der Waals surface area (Å²) in [6.07, 6.45) is 0. The molecule has 0 fully saturated rings. The van der Waals surface area contributed by atoms with Gasteiger partial charge in [-0.15, -0.1) is 10.2 Å². The Morgan fingerprint density at radius 1 is 0.647 bits per heavy atom. The third kappa shape index (κ3) is 8.36. The van der Waals surface area contributed by atoms with Crippen molar-refractivity contribution in [1.29, 1.82) is 0 Å². The van der Waals surface area contributed by atoms with Crippen LogP contribution in [0.4, 0.5) is 0 Å². The van der Waals surface area contributed by atoms with Gasteiger partial charge >= 0.3 is 17.1 Å². The van der Waals surface area contributed by atoms with E-state index in [1.54, 1.807) is 24.3 Å². The fourth-order valence-corrected chi connectivity index (χ4v) is 3.60. The molecule has 2 aromatic carbocycles. The van der Waals surface area contributed by atoms with Crippen molar-refractivity contribution >= 4 is 47.0 Å². The number of amidine groups is 2. The van der Waals surface area contributed by atoms with E-state index in [1.165, 1.54) is 0 Å². The van der Waals surface area contributed by atoms with E-state index in [1.807, 2.05) is 67.8 Å². The predicted molar refractivity (Wildman–Crippen MR) is 143 cm³/mol. The number of aromatic hydroxyl groups is 1. The van der Waals surface area contributed by atoms with Gasteiger partial charge in [0.25, 0.3) is 0 Å². The van der Waals surface area contributed by atoms with Crippen LogP contribution in [0.1, 0.15) is 38.8 Å². The molecule has 0 amide bonds. The van der Waals surface area contributed by atoms with Crippen molar-refractivity contribution in [2.24, 2.45) is 20.4 Å². The first-order valence-corrected chi connectivity index (χ1v) is 11.8. The summed E-state index contributed by atoms with van der Waals surface area (Å²) in [5.74, 6) is 0.152. The summed E-state index contributed by atoms with van der Waals surface area (Å²) >= 11 is 10.9. The van der Waals surface area contributed by atoms with Gasteiger partial charge in [-0.25, -0.2) is 0 Å². The topological polar surface area (TPSA) is 76.2 Å². The normalized spacial score (nSPS) is 12.8. The van der Waals surface area contributed by atoms with E-state index in [9.17, 15) is 5.11 Å². The standard InChI is InChI=1S/C24H32N6OS2.Cu/c1-5-29(6-2)23(32)27-25-21(18-12-10-9-11-13-18)22(19-14-16-20(31)17-15-19)26-28-24(33)30(7-3)8-4;/h9-17,31H,5-8H2,1-4H3,(H,27,32)(H,28,33);/q;+2/p-2/b25-21+,26-22+;. The summed E-state index contributed by atoms with van der Waals surface area (Å²) in [6.45, 7) is 11.0. The van der Waals surface area contributed by atoms with Crippen LogP contribution >= 0.6 is 0 Å². The fourth-order valence-electron chi connectivity index (χ4n) is 3.00. The average Bonchev–Trinajstić information content (AvgIpc) is 2.84. The van der Waals surface area contributed by atoms with Crippen LogP contribution in [0.2, 0.25) is 0 Å². The van der Waals surface area contributed by atoms with Gasteiger partial charge in [0.05, 0.1) is 0 Å². The molecule has 0 bridgehead atoms. The molecular weight excluding hydrogens is 516 g/mol. The van der Waals surface area contributed by atoms with E-state index in [-0.39, 0.29) is 22.8 Å². The van der Waals surface area contributed by atoms with Gasteiger partial charge in [-0.3, -0.25) is 0 Å². The van der Waals surface area contributed by atoms with E-state index in [0.29, 0.717) is 27.3 Å². The van der Waals surface area contributed by atoms with E-state index >= 15 is 0 Å². The molecule has 185 valence electrons. The first-order chi connectivity index (χ1) is 15.9. The van der Waals surface area contributed by atoms with E-state index in [2.05, 4.69) is 20.4 Å². The molecule has 1 N–H and O–H groups in total. The fraction of sp³-hybridized carbons (Fsp3) is 0.333. The zero-order valence-corrected chi connectivity index (χ0v) is 22.3. The van der Waals surface area contributed by atoms with Gasteiger partial charge in [-0.2, -0.15) is 10.2 Å². The third-order valence-corrected chi connectivity index (χ3v) is 5.63. The van der Waals surface area contributed by atoms with Crippen LogP contribution in [-0.2, 0) is 42.3 Å². The maximum atomic E-state index is 9.78. The number of nitrogens with zero attached hydrogens (tertiary/aromatic N) is 6. The van der Waals surface area contributed by atoms with Crippen LogP contribution < -0.4 is 0 Å². The molecule has 0 aliphatic carbocycles. The number of benzene rings is 2. The molecule has 0 saturated carbocycles. The Bertz CT molecular complexity index is 1000. The largest absolute Gasteiger partial charge is 2.00 e. The average molecular weight is 546 g/mol. The molecule has 34 heavy (non-hydrogen) atoms. The van der Waals surface area contributed by atoms with Gasteiger partial charge in [0.1, 0.15) is 17.2 Å². The Kier molecular flexibility index (Phi) is 13.4. The first-order valence-electron chi connectivity index (χ1n) is 10.9. The van der Waals surface area contributed by atoms with Crippen molar-refractivity contribution in [2.75, 3.05) is 26.2 Å². The molecule has 2 rings (SSSR count). The van der Waals surface area contributed by atoms with Crippen molar-refractivity contribution in [2.45, 2.75) is 27.7 Å². The summed E-state index contributed by atoms with van der Waals surface area (Å²) < 4.78 is 0. The zero-order valence-electron chi connectivity index (χ0n) is 19.8. The molecule has 10 heteroatoms. The number of hydrogen-bond donors (Lipinski definition) is 1. The van der Waals surface area contributed by atoms with Crippen LogP contribution in [0.25, 0.3) is 0 Å². The Hall–Kier alpha value is -2.52. The summed E-state index contributed by atoms with van der Waals surface area (Å²) in [6, 6.07) is 16.3. The van der Waals surface area contributed by atoms with Crippen molar-refractivity contribution < 1.29 is 22.2 Å². The molecule has 0 aliphatic rings. The molecule has 1 radical (unpaired) electrons. The summed E-state index contributed by atoms with van der Waals surface area (Å²) in [7, 11) is 0. The SMILES string of the molecule is CCN(CC)/C([S-])=N/N=C(/C(=N/N=C(\[S-])N(CC)CC)c1ccc(O)cc1)c1ccccc1.[Cu+2]. The second-order valence-corrected chi connectivity index (χ2v) is 7.65. The van der Waals surface area contributed by atoms with Gasteiger partial charge in [0, 0.05) is 47.6 Å². The number of hydrogen-bond acceptors (Lipinski definition) is 7.